The Bertz CT molecular complexity index is 624. The Morgan fingerprint density at radius 2 is 2.07 bits per heavy atom. The van der Waals surface area contributed by atoms with Gasteiger partial charge in [-0.3, -0.25) is 9.89 Å². The van der Waals surface area contributed by atoms with E-state index >= 15 is 0 Å². The van der Waals surface area contributed by atoms with E-state index in [4.69, 9.17) is 9.47 Å². The van der Waals surface area contributed by atoms with Gasteiger partial charge < -0.3 is 19.7 Å². The maximum atomic E-state index is 5.99. The van der Waals surface area contributed by atoms with E-state index in [-0.39, 0.29) is 36.2 Å². The number of halogens is 1. The van der Waals surface area contributed by atoms with Crippen molar-refractivity contribution in [2.24, 2.45) is 10.9 Å². The third-order valence-corrected chi connectivity index (χ3v) is 6.96. The number of thiophene rings is 1. The third-order valence-electron chi connectivity index (χ3n) is 6.10. The second-order valence-corrected chi connectivity index (χ2v) is 9.19. The highest BCUT2D eigenvalue weighted by atomic mass is 127. The summed E-state index contributed by atoms with van der Waals surface area (Å²) in [6.07, 6.45) is 5.28. The molecule has 8 heteroatoms. The zero-order chi connectivity index (χ0) is 19.2. The molecule has 4 heterocycles. The van der Waals surface area contributed by atoms with Crippen LogP contribution in [0.4, 0.5) is 0 Å². The Morgan fingerprint density at radius 3 is 2.83 bits per heavy atom. The number of aliphatic imine (C=N–C) groups is 1. The van der Waals surface area contributed by atoms with Crippen LogP contribution in [0.15, 0.2) is 22.5 Å². The lowest BCUT2D eigenvalue weighted by Crippen LogP contribution is -2.54. The zero-order valence-corrected chi connectivity index (χ0v) is 20.6. The van der Waals surface area contributed by atoms with Gasteiger partial charge in [-0.25, -0.2) is 0 Å². The molecule has 3 fully saturated rings. The first-order valence-electron chi connectivity index (χ1n) is 10.8. The predicted molar refractivity (Wildman–Crippen MR) is 129 cm³/mol. The minimum absolute atomic E-state index is 0. The molecule has 1 aromatic rings. The van der Waals surface area contributed by atoms with Crippen LogP contribution in [0, 0.1) is 5.92 Å². The van der Waals surface area contributed by atoms with Gasteiger partial charge in [0.05, 0.1) is 12.7 Å². The van der Waals surface area contributed by atoms with E-state index in [1.165, 1.54) is 30.8 Å². The van der Waals surface area contributed by atoms with E-state index in [1.807, 2.05) is 18.4 Å². The number of piperidine rings is 1. The minimum atomic E-state index is 0. The summed E-state index contributed by atoms with van der Waals surface area (Å²) in [5.74, 6) is 1.70. The molecule has 4 rings (SSSR count). The maximum Gasteiger partial charge on any atom is 0.193 e. The Hall–Kier alpha value is -0.420. The van der Waals surface area contributed by atoms with Gasteiger partial charge in [0.1, 0.15) is 6.10 Å². The molecular weight excluding hydrogens is 499 g/mol. The van der Waals surface area contributed by atoms with Crippen LogP contribution in [0.1, 0.15) is 30.6 Å². The first-order chi connectivity index (χ1) is 13.8. The van der Waals surface area contributed by atoms with Crippen LogP contribution in [0.25, 0.3) is 0 Å². The Morgan fingerprint density at radius 1 is 1.17 bits per heavy atom. The topological polar surface area (TPSA) is 49.3 Å². The van der Waals surface area contributed by atoms with Crippen molar-refractivity contribution in [3.8, 4) is 0 Å². The van der Waals surface area contributed by atoms with Crippen molar-refractivity contribution in [2.45, 2.75) is 44.4 Å². The van der Waals surface area contributed by atoms with Crippen LogP contribution in [0.3, 0.4) is 0 Å². The van der Waals surface area contributed by atoms with Gasteiger partial charge >= 0.3 is 0 Å². The van der Waals surface area contributed by atoms with Gasteiger partial charge in [0.15, 0.2) is 5.96 Å². The standard InChI is InChI=1S/C21H34N4O2S.HI/c1-22-21(25-9-11-27-20(16-25)19-7-3-10-26-19)23-13-17-5-2-8-24(14-17)15-18-6-4-12-28-18;/h4,6,12,17,19-20H,2-3,5,7-11,13-16H2,1H3,(H,22,23);1H. The van der Waals surface area contributed by atoms with E-state index in [0.717, 1.165) is 58.2 Å². The van der Waals surface area contributed by atoms with Crippen LogP contribution in [0.5, 0.6) is 0 Å². The lowest BCUT2D eigenvalue weighted by molar-refractivity contribution is -0.0817. The van der Waals surface area contributed by atoms with Crippen molar-refractivity contribution >= 4 is 41.3 Å². The molecule has 0 amide bonds. The molecule has 3 saturated heterocycles. The van der Waals surface area contributed by atoms with Crippen molar-refractivity contribution in [2.75, 3.05) is 53.0 Å². The number of ether oxygens (including phenoxy) is 2. The van der Waals surface area contributed by atoms with Crippen molar-refractivity contribution in [1.82, 2.24) is 15.1 Å². The highest BCUT2D eigenvalue weighted by Crippen LogP contribution is 2.22. The first kappa shape index (κ1) is 23.2. The summed E-state index contributed by atoms with van der Waals surface area (Å²) in [4.78, 5) is 11.0. The number of morpholine rings is 1. The SMILES string of the molecule is CN=C(NCC1CCCN(Cc2cccs2)C1)N1CCOC(C2CCCO2)C1.I. The smallest absolute Gasteiger partial charge is 0.193 e. The fraction of sp³-hybridized carbons (Fsp3) is 0.762. The number of rotatable bonds is 5. The number of nitrogens with one attached hydrogen (secondary N) is 1. The van der Waals surface area contributed by atoms with Crippen LogP contribution >= 0.6 is 35.3 Å². The molecule has 6 nitrogen and oxygen atoms in total. The van der Waals surface area contributed by atoms with Crippen molar-refractivity contribution in [3.63, 3.8) is 0 Å². The fourth-order valence-electron chi connectivity index (χ4n) is 4.64. The van der Waals surface area contributed by atoms with Crippen LogP contribution in [-0.4, -0.2) is 81.0 Å². The van der Waals surface area contributed by atoms with Gasteiger partial charge in [-0.1, -0.05) is 6.07 Å². The normalized spacial score (nSPS) is 28.9. The third kappa shape index (κ3) is 6.53. The highest BCUT2D eigenvalue weighted by molar-refractivity contribution is 14.0. The summed E-state index contributed by atoms with van der Waals surface area (Å²) in [5, 5.41) is 5.83. The van der Waals surface area contributed by atoms with Gasteiger partial charge in [-0.05, 0) is 49.6 Å². The largest absolute Gasteiger partial charge is 0.375 e. The number of nitrogens with zero attached hydrogens (tertiary/aromatic N) is 3. The molecule has 3 atom stereocenters. The zero-order valence-electron chi connectivity index (χ0n) is 17.4. The van der Waals surface area contributed by atoms with Crippen LogP contribution in [0.2, 0.25) is 0 Å². The van der Waals surface area contributed by atoms with E-state index in [2.05, 4.69) is 37.6 Å². The summed E-state index contributed by atoms with van der Waals surface area (Å²) >= 11 is 1.86. The van der Waals surface area contributed by atoms with Crippen LogP contribution < -0.4 is 5.32 Å². The molecule has 0 saturated carbocycles. The molecule has 164 valence electrons. The van der Waals surface area contributed by atoms with E-state index in [1.54, 1.807) is 0 Å². The molecule has 0 radical (unpaired) electrons. The summed E-state index contributed by atoms with van der Waals surface area (Å²) in [7, 11) is 1.89. The monoisotopic (exact) mass is 534 g/mol. The number of hydrogen-bond donors (Lipinski definition) is 1. The number of guanidine groups is 1. The molecule has 3 aliphatic rings. The molecule has 3 unspecified atom stereocenters. The highest BCUT2D eigenvalue weighted by Gasteiger charge is 2.32. The van der Waals surface area contributed by atoms with Crippen molar-refractivity contribution in [3.05, 3.63) is 22.4 Å². The second-order valence-electron chi connectivity index (χ2n) is 8.16. The molecule has 0 bridgehead atoms. The molecule has 0 spiro atoms. The Kier molecular flexibility index (Phi) is 9.49. The van der Waals surface area contributed by atoms with Gasteiger partial charge in [0, 0.05) is 51.3 Å². The Balaban J connectivity index is 0.00000240. The van der Waals surface area contributed by atoms with E-state index < -0.39 is 0 Å². The first-order valence-corrected chi connectivity index (χ1v) is 11.6. The molecule has 1 N–H and O–H groups in total. The van der Waals surface area contributed by atoms with Gasteiger partial charge in [-0.2, -0.15) is 0 Å². The molecular formula is C21H35IN4O2S. The Labute approximate surface area is 196 Å². The number of likely N-dealkylation sites (tertiary alicyclic amines) is 1. The van der Waals surface area contributed by atoms with Crippen LogP contribution in [-0.2, 0) is 16.0 Å². The second kappa shape index (κ2) is 11.8. The minimum Gasteiger partial charge on any atom is -0.375 e. The molecule has 3 aliphatic heterocycles. The summed E-state index contributed by atoms with van der Waals surface area (Å²) in [6.45, 7) is 7.88. The average molecular weight is 535 g/mol. The van der Waals surface area contributed by atoms with E-state index in [9.17, 15) is 0 Å². The number of hydrogen-bond acceptors (Lipinski definition) is 5. The van der Waals surface area contributed by atoms with Gasteiger partial charge in [-0.15, -0.1) is 35.3 Å². The summed E-state index contributed by atoms with van der Waals surface area (Å²) < 4.78 is 11.8. The molecule has 0 aromatic carbocycles. The lowest BCUT2D eigenvalue weighted by atomic mass is 9.98. The van der Waals surface area contributed by atoms with E-state index in [0.29, 0.717) is 5.92 Å². The maximum absolute atomic E-state index is 5.99. The van der Waals surface area contributed by atoms with Gasteiger partial charge in [0.25, 0.3) is 0 Å². The lowest BCUT2D eigenvalue weighted by Gasteiger charge is -2.38. The molecule has 1 aromatic heterocycles. The average Bonchev–Trinajstić information content (AvgIpc) is 3.43. The molecule has 29 heavy (non-hydrogen) atoms. The quantitative estimate of drug-likeness (QED) is 0.358. The van der Waals surface area contributed by atoms with Gasteiger partial charge in [0.2, 0.25) is 0 Å². The van der Waals surface area contributed by atoms with Crippen molar-refractivity contribution < 1.29 is 9.47 Å². The molecule has 0 aliphatic carbocycles. The van der Waals surface area contributed by atoms with Crippen molar-refractivity contribution in [1.29, 1.82) is 0 Å². The summed E-state index contributed by atoms with van der Waals surface area (Å²) in [6, 6.07) is 4.40. The summed E-state index contributed by atoms with van der Waals surface area (Å²) in [5.41, 5.74) is 0. The fourth-order valence-corrected chi connectivity index (χ4v) is 5.39. The predicted octanol–water partition coefficient (Wildman–Crippen LogP) is 3.03.